The van der Waals surface area contributed by atoms with Crippen molar-refractivity contribution < 1.29 is 18.0 Å². The van der Waals surface area contributed by atoms with E-state index in [1.54, 1.807) is 6.07 Å². The van der Waals surface area contributed by atoms with E-state index >= 15 is 0 Å². The number of nitrogens with zero attached hydrogens (tertiary/aromatic N) is 4. The zero-order valence-electron chi connectivity index (χ0n) is 17.1. The van der Waals surface area contributed by atoms with E-state index in [2.05, 4.69) is 15.5 Å². The smallest absolute Gasteiger partial charge is 0.368 e. The second-order valence-corrected chi connectivity index (χ2v) is 8.09. The fourth-order valence-electron chi connectivity index (χ4n) is 4.54. The van der Waals surface area contributed by atoms with Crippen LogP contribution in [0.3, 0.4) is 0 Å². The van der Waals surface area contributed by atoms with Gasteiger partial charge in [-0.25, -0.2) is 0 Å². The van der Waals surface area contributed by atoms with Gasteiger partial charge in [0.25, 0.3) is 0 Å². The molecule has 30 heavy (non-hydrogen) atoms. The molecule has 2 aliphatic rings. The van der Waals surface area contributed by atoms with Gasteiger partial charge >= 0.3 is 6.18 Å². The molecule has 0 saturated carbocycles. The summed E-state index contributed by atoms with van der Waals surface area (Å²) in [5.74, 6) is 0.0970. The summed E-state index contributed by atoms with van der Waals surface area (Å²) in [6.07, 6.45) is -0.194. The van der Waals surface area contributed by atoms with Crippen LogP contribution >= 0.6 is 0 Å². The lowest BCUT2D eigenvalue weighted by Gasteiger charge is -2.37. The Morgan fingerprint density at radius 3 is 2.50 bits per heavy atom. The minimum Gasteiger partial charge on any atom is -0.368 e. The van der Waals surface area contributed by atoms with Gasteiger partial charge in [-0.05, 0) is 49.7 Å². The zero-order chi connectivity index (χ0) is 21.3. The van der Waals surface area contributed by atoms with Crippen LogP contribution in [0.25, 0.3) is 0 Å². The lowest BCUT2D eigenvalue weighted by atomic mass is 10.1. The number of halogens is 3. The largest absolute Gasteiger partial charge is 0.416 e. The molecule has 2 fully saturated rings. The summed E-state index contributed by atoms with van der Waals surface area (Å²) in [6, 6.07) is 9.81. The number of carbonyl (C=O) groups excluding carboxylic acids is 1. The van der Waals surface area contributed by atoms with Crippen molar-refractivity contribution in [3.63, 3.8) is 0 Å². The molecule has 0 aliphatic carbocycles. The maximum Gasteiger partial charge on any atom is 0.416 e. The van der Waals surface area contributed by atoms with Gasteiger partial charge in [0.05, 0.1) is 18.2 Å². The highest BCUT2D eigenvalue weighted by atomic mass is 19.4. The number of hydrogen-bond donors (Lipinski definition) is 0. The molecule has 1 aromatic carbocycles. The van der Waals surface area contributed by atoms with Crippen molar-refractivity contribution in [2.45, 2.75) is 25.1 Å². The number of rotatable bonds is 4. The standard InChI is InChI=1S/C22H27F3N4O/c1-26-9-3-7-19(26)20-8-4-10-29(20)16-21(30)28-13-11-27(12-14-28)18-6-2-5-17(15-18)22(23,24)25/h2-3,5-7,9,15,20H,4,8,10-14,16H2,1H3. The third-order valence-corrected chi connectivity index (χ3v) is 6.20. The number of alkyl halides is 3. The predicted molar refractivity (Wildman–Crippen MR) is 109 cm³/mol. The number of carbonyl (C=O) groups is 1. The van der Waals surface area contributed by atoms with Crippen molar-refractivity contribution >= 4 is 11.6 Å². The molecule has 1 aromatic heterocycles. The molecule has 5 nitrogen and oxygen atoms in total. The lowest BCUT2D eigenvalue weighted by molar-refractivity contribution is -0.137. The Bertz CT molecular complexity index is 887. The van der Waals surface area contributed by atoms with E-state index in [1.807, 2.05) is 29.1 Å². The SMILES string of the molecule is Cn1cccc1C1CCCN1CC(=O)N1CCN(c2cccc(C(F)(F)F)c2)CC1. The van der Waals surface area contributed by atoms with E-state index in [0.29, 0.717) is 38.4 Å². The van der Waals surface area contributed by atoms with E-state index in [0.717, 1.165) is 25.5 Å². The summed E-state index contributed by atoms with van der Waals surface area (Å²) in [7, 11) is 2.03. The van der Waals surface area contributed by atoms with Crippen LogP contribution < -0.4 is 4.90 Å². The summed E-state index contributed by atoms with van der Waals surface area (Å²) in [5, 5.41) is 0. The van der Waals surface area contributed by atoms with Crippen LogP contribution in [0.5, 0.6) is 0 Å². The molecule has 1 unspecified atom stereocenters. The quantitative estimate of drug-likeness (QED) is 0.759. The molecule has 2 aliphatic heterocycles. The third kappa shape index (κ3) is 4.33. The predicted octanol–water partition coefficient (Wildman–Crippen LogP) is 3.53. The number of benzene rings is 1. The molecular formula is C22H27F3N4O. The molecule has 1 amide bonds. The molecule has 1 atom stereocenters. The first-order chi connectivity index (χ1) is 14.3. The van der Waals surface area contributed by atoms with Crippen LogP contribution in [0.4, 0.5) is 18.9 Å². The van der Waals surface area contributed by atoms with Crippen molar-refractivity contribution in [2.24, 2.45) is 7.05 Å². The highest BCUT2D eigenvalue weighted by Crippen LogP contribution is 2.33. The lowest BCUT2D eigenvalue weighted by Crippen LogP contribution is -2.51. The van der Waals surface area contributed by atoms with Crippen LogP contribution in [0.15, 0.2) is 42.6 Å². The van der Waals surface area contributed by atoms with Gasteiger partial charge in [0.15, 0.2) is 0 Å². The van der Waals surface area contributed by atoms with Crippen molar-refractivity contribution in [3.8, 4) is 0 Å². The maximum absolute atomic E-state index is 13.0. The molecule has 2 aromatic rings. The van der Waals surface area contributed by atoms with Crippen molar-refractivity contribution in [3.05, 3.63) is 53.9 Å². The number of amides is 1. The second-order valence-electron chi connectivity index (χ2n) is 8.09. The highest BCUT2D eigenvalue weighted by molar-refractivity contribution is 5.78. The zero-order valence-corrected chi connectivity index (χ0v) is 17.1. The molecule has 0 spiro atoms. The Kier molecular flexibility index (Phi) is 5.77. The Morgan fingerprint density at radius 2 is 1.83 bits per heavy atom. The van der Waals surface area contributed by atoms with E-state index < -0.39 is 11.7 Å². The molecule has 162 valence electrons. The molecule has 2 saturated heterocycles. The van der Waals surface area contributed by atoms with Crippen molar-refractivity contribution in [1.82, 2.24) is 14.4 Å². The number of aryl methyl sites for hydroxylation is 1. The molecule has 0 radical (unpaired) electrons. The van der Waals surface area contributed by atoms with Gasteiger partial charge in [0, 0.05) is 50.8 Å². The van der Waals surface area contributed by atoms with Gasteiger partial charge in [0.1, 0.15) is 0 Å². The molecule has 0 N–H and O–H groups in total. The molecule has 4 rings (SSSR count). The average molecular weight is 420 g/mol. The average Bonchev–Trinajstić information content (AvgIpc) is 3.36. The van der Waals surface area contributed by atoms with E-state index in [1.165, 1.54) is 17.8 Å². The molecule has 0 bridgehead atoms. The number of likely N-dealkylation sites (tertiary alicyclic amines) is 1. The van der Waals surface area contributed by atoms with Crippen LogP contribution in [-0.4, -0.2) is 59.5 Å². The molecule has 3 heterocycles. The van der Waals surface area contributed by atoms with Gasteiger partial charge in [-0.3, -0.25) is 9.69 Å². The van der Waals surface area contributed by atoms with Gasteiger partial charge in [0.2, 0.25) is 5.91 Å². The first-order valence-electron chi connectivity index (χ1n) is 10.4. The monoisotopic (exact) mass is 420 g/mol. The number of hydrogen-bond acceptors (Lipinski definition) is 3. The number of anilines is 1. The Balaban J connectivity index is 1.34. The third-order valence-electron chi connectivity index (χ3n) is 6.20. The fourth-order valence-corrected chi connectivity index (χ4v) is 4.54. The van der Waals surface area contributed by atoms with Crippen LogP contribution in [0.2, 0.25) is 0 Å². The van der Waals surface area contributed by atoms with Crippen LogP contribution in [0.1, 0.15) is 30.1 Å². The Labute approximate surface area is 174 Å². The van der Waals surface area contributed by atoms with Crippen molar-refractivity contribution in [2.75, 3.05) is 44.2 Å². The Morgan fingerprint density at radius 1 is 1.07 bits per heavy atom. The second kappa shape index (κ2) is 8.34. The number of aromatic nitrogens is 1. The Hall–Kier alpha value is -2.48. The summed E-state index contributed by atoms with van der Waals surface area (Å²) in [4.78, 5) is 18.9. The van der Waals surface area contributed by atoms with E-state index in [9.17, 15) is 18.0 Å². The van der Waals surface area contributed by atoms with E-state index in [-0.39, 0.29) is 11.9 Å². The van der Waals surface area contributed by atoms with Crippen LogP contribution in [-0.2, 0) is 18.0 Å². The summed E-state index contributed by atoms with van der Waals surface area (Å²) >= 11 is 0. The number of piperazine rings is 1. The van der Waals surface area contributed by atoms with E-state index in [4.69, 9.17) is 0 Å². The summed E-state index contributed by atoms with van der Waals surface area (Å²) in [5.41, 5.74) is 1.15. The maximum atomic E-state index is 13.0. The summed E-state index contributed by atoms with van der Waals surface area (Å²) < 4.78 is 41.0. The normalized spacial score (nSPS) is 20.7. The van der Waals surface area contributed by atoms with Crippen LogP contribution in [0, 0.1) is 0 Å². The van der Waals surface area contributed by atoms with Gasteiger partial charge < -0.3 is 14.4 Å². The van der Waals surface area contributed by atoms with Gasteiger partial charge in [-0.1, -0.05) is 6.07 Å². The minimum absolute atomic E-state index is 0.0970. The highest BCUT2D eigenvalue weighted by Gasteiger charge is 2.33. The fraction of sp³-hybridized carbons (Fsp3) is 0.500. The topological polar surface area (TPSA) is 31.7 Å². The first-order valence-corrected chi connectivity index (χ1v) is 10.4. The van der Waals surface area contributed by atoms with Crippen molar-refractivity contribution in [1.29, 1.82) is 0 Å². The molecular weight excluding hydrogens is 393 g/mol. The van der Waals surface area contributed by atoms with Gasteiger partial charge in [-0.2, -0.15) is 13.2 Å². The van der Waals surface area contributed by atoms with Gasteiger partial charge in [-0.15, -0.1) is 0 Å². The minimum atomic E-state index is -4.35. The first kappa shape index (κ1) is 20.8. The molecule has 8 heteroatoms. The summed E-state index contributed by atoms with van der Waals surface area (Å²) in [6.45, 7) is 3.42.